The molecule has 70 valence electrons. The summed E-state index contributed by atoms with van der Waals surface area (Å²) in [6.07, 6.45) is 2.23. The number of carbonyl (C=O) groups is 1. The maximum absolute atomic E-state index is 10.6. The summed E-state index contributed by atoms with van der Waals surface area (Å²) in [6.45, 7) is 0.206. The van der Waals surface area contributed by atoms with Crippen molar-refractivity contribution in [3.63, 3.8) is 0 Å². The van der Waals surface area contributed by atoms with Gasteiger partial charge in [-0.2, -0.15) is 0 Å². The van der Waals surface area contributed by atoms with Crippen molar-refractivity contribution >= 4 is 5.97 Å². The molecule has 0 aromatic heterocycles. The van der Waals surface area contributed by atoms with Crippen LogP contribution in [0.15, 0.2) is 0 Å². The summed E-state index contributed by atoms with van der Waals surface area (Å²) in [5.41, 5.74) is 0. The van der Waals surface area contributed by atoms with Crippen LogP contribution in [0.2, 0.25) is 0 Å². The van der Waals surface area contributed by atoms with E-state index < -0.39 is 5.97 Å². The summed E-state index contributed by atoms with van der Waals surface area (Å²) < 4.78 is 5.20. The number of rotatable bonds is 4. The second kappa shape index (κ2) is 4.42. The molecule has 0 heterocycles. The minimum Gasteiger partial charge on any atom is -0.481 e. The van der Waals surface area contributed by atoms with Crippen LogP contribution in [0.3, 0.4) is 0 Å². The summed E-state index contributed by atoms with van der Waals surface area (Å²) in [5.74, 6) is -1.15. The van der Waals surface area contributed by atoms with E-state index in [0.29, 0.717) is 6.42 Å². The molecular formula is C8H14O4. The first kappa shape index (κ1) is 9.48. The first-order chi connectivity index (χ1) is 5.75. The second-order valence-corrected chi connectivity index (χ2v) is 3.01. The van der Waals surface area contributed by atoms with Crippen molar-refractivity contribution in [2.45, 2.75) is 25.4 Å². The lowest BCUT2D eigenvalue weighted by molar-refractivity contribution is -0.146. The maximum Gasteiger partial charge on any atom is 0.309 e. The third-order valence-corrected chi connectivity index (χ3v) is 2.19. The zero-order valence-corrected chi connectivity index (χ0v) is 6.90. The molecule has 1 aliphatic rings. The molecule has 4 nitrogen and oxygen atoms in total. The molecule has 1 saturated carbocycles. The number of hydrogen-bond donors (Lipinski definition) is 2. The van der Waals surface area contributed by atoms with Gasteiger partial charge in [-0.3, -0.25) is 4.79 Å². The number of aliphatic hydroxyl groups excluding tert-OH is 1. The lowest BCUT2D eigenvalue weighted by Gasteiger charge is -2.15. The molecule has 0 aromatic rings. The van der Waals surface area contributed by atoms with Crippen LogP contribution in [0.25, 0.3) is 0 Å². The monoisotopic (exact) mass is 174 g/mol. The van der Waals surface area contributed by atoms with Crippen LogP contribution in [0.4, 0.5) is 0 Å². The smallest absolute Gasteiger partial charge is 0.309 e. The van der Waals surface area contributed by atoms with Crippen molar-refractivity contribution in [2.24, 2.45) is 5.92 Å². The van der Waals surface area contributed by atoms with Gasteiger partial charge in [-0.15, -0.1) is 0 Å². The molecular weight excluding hydrogens is 160 g/mol. The van der Waals surface area contributed by atoms with Crippen molar-refractivity contribution in [1.29, 1.82) is 0 Å². The van der Waals surface area contributed by atoms with E-state index in [-0.39, 0.29) is 25.2 Å². The van der Waals surface area contributed by atoms with Crippen molar-refractivity contribution < 1.29 is 19.7 Å². The number of aliphatic hydroxyl groups is 1. The molecule has 2 N–H and O–H groups in total. The molecule has 0 bridgehead atoms. The average Bonchev–Trinajstić information content (AvgIpc) is 2.48. The van der Waals surface area contributed by atoms with Gasteiger partial charge >= 0.3 is 5.97 Å². The summed E-state index contributed by atoms with van der Waals surface area (Å²) in [7, 11) is 0. The Morgan fingerprint density at radius 3 is 2.83 bits per heavy atom. The van der Waals surface area contributed by atoms with Crippen LogP contribution in [-0.2, 0) is 9.53 Å². The van der Waals surface area contributed by atoms with Gasteiger partial charge in [0.15, 0.2) is 0 Å². The molecule has 12 heavy (non-hydrogen) atoms. The lowest BCUT2D eigenvalue weighted by atomic mass is 10.1. The summed E-state index contributed by atoms with van der Waals surface area (Å²) in [6, 6.07) is 0. The molecule has 1 rings (SSSR count). The summed E-state index contributed by atoms with van der Waals surface area (Å²) >= 11 is 0. The predicted molar refractivity (Wildman–Crippen MR) is 41.8 cm³/mol. The first-order valence-electron chi connectivity index (χ1n) is 4.21. The molecule has 1 fully saturated rings. The van der Waals surface area contributed by atoms with Crippen molar-refractivity contribution in [1.82, 2.24) is 0 Å². The molecule has 4 heteroatoms. The van der Waals surface area contributed by atoms with E-state index in [1.807, 2.05) is 0 Å². The topological polar surface area (TPSA) is 66.8 Å². The zero-order chi connectivity index (χ0) is 8.97. The van der Waals surface area contributed by atoms with Crippen LogP contribution in [0.1, 0.15) is 19.3 Å². The Balaban J connectivity index is 2.35. The highest BCUT2D eigenvalue weighted by atomic mass is 16.5. The van der Waals surface area contributed by atoms with Crippen molar-refractivity contribution in [3.8, 4) is 0 Å². The average molecular weight is 174 g/mol. The van der Waals surface area contributed by atoms with E-state index in [2.05, 4.69) is 0 Å². The predicted octanol–water partition coefficient (Wildman–Crippen LogP) is 0.249. The Hall–Kier alpha value is -0.610. The number of carboxylic acids is 1. The van der Waals surface area contributed by atoms with Crippen LogP contribution in [0, 0.1) is 5.92 Å². The molecule has 0 radical (unpaired) electrons. The minimum atomic E-state index is -0.782. The molecule has 0 aromatic carbocycles. The molecule has 1 aliphatic carbocycles. The Bertz CT molecular complexity index is 157. The quantitative estimate of drug-likeness (QED) is 0.641. The van der Waals surface area contributed by atoms with E-state index in [1.165, 1.54) is 0 Å². The molecule has 0 saturated heterocycles. The SMILES string of the molecule is O=C(O)C1CCCC1OCCO. The third kappa shape index (κ3) is 2.19. The van der Waals surface area contributed by atoms with Crippen LogP contribution in [0.5, 0.6) is 0 Å². The number of carboxylic acid groups (broad SMARTS) is 1. The Morgan fingerprint density at radius 1 is 1.50 bits per heavy atom. The Kier molecular flexibility index (Phi) is 3.49. The van der Waals surface area contributed by atoms with Gasteiger partial charge in [0.1, 0.15) is 0 Å². The molecule has 0 aliphatic heterocycles. The second-order valence-electron chi connectivity index (χ2n) is 3.01. The van der Waals surface area contributed by atoms with E-state index in [9.17, 15) is 4.79 Å². The van der Waals surface area contributed by atoms with E-state index in [0.717, 1.165) is 12.8 Å². The highest BCUT2D eigenvalue weighted by Crippen LogP contribution is 2.28. The summed E-state index contributed by atoms with van der Waals surface area (Å²) in [5, 5.41) is 17.2. The van der Waals surface area contributed by atoms with E-state index in [4.69, 9.17) is 14.9 Å². The van der Waals surface area contributed by atoms with Crippen molar-refractivity contribution in [3.05, 3.63) is 0 Å². The molecule has 2 unspecified atom stereocenters. The highest BCUT2D eigenvalue weighted by Gasteiger charge is 2.33. The Labute approximate surface area is 71.2 Å². The van der Waals surface area contributed by atoms with Gasteiger partial charge in [-0.1, -0.05) is 0 Å². The fourth-order valence-electron chi connectivity index (χ4n) is 1.61. The Morgan fingerprint density at radius 2 is 2.25 bits per heavy atom. The van der Waals surface area contributed by atoms with Crippen molar-refractivity contribution in [2.75, 3.05) is 13.2 Å². The fourth-order valence-corrected chi connectivity index (χ4v) is 1.61. The minimum absolute atomic E-state index is 0.0389. The third-order valence-electron chi connectivity index (χ3n) is 2.19. The van der Waals surface area contributed by atoms with Crippen LogP contribution >= 0.6 is 0 Å². The lowest BCUT2D eigenvalue weighted by Crippen LogP contribution is -2.26. The molecule has 0 spiro atoms. The first-order valence-corrected chi connectivity index (χ1v) is 4.21. The molecule has 0 amide bonds. The van der Waals surface area contributed by atoms with Gasteiger partial charge in [0.05, 0.1) is 25.2 Å². The van der Waals surface area contributed by atoms with E-state index >= 15 is 0 Å². The highest BCUT2D eigenvalue weighted by molar-refractivity contribution is 5.71. The number of ether oxygens (including phenoxy) is 1. The van der Waals surface area contributed by atoms with Gasteiger partial charge in [-0.05, 0) is 19.3 Å². The summed E-state index contributed by atoms with van der Waals surface area (Å²) in [4.78, 5) is 10.6. The van der Waals surface area contributed by atoms with Crippen LogP contribution < -0.4 is 0 Å². The van der Waals surface area contributed by atoms with Gasteiger partial charge in [0.25, 0.3) is 0 Å². The van der Waals surface area contributed by atoms with Gasteiger partial charge in [-0.25, -0.2) is 0 Å². The number of hydrogen-bond acceptors (Lipinski definition) is 3. The standard InChI is InChI=1S/C8H14O4/c9-4-5-12-7-3-1-2-6(7)8(10)11/h6-7,9H,1-5H2,(H,10,11). The molecule has 2 atom stereocenters. The normalized spacial score (nSPS) is 29.1. The number of aliphatic carboxylic acids is 1. The zero-order valence-electron chi connectivity index (χ0n) is 6.90. The van der Waals surface area contributed by atoms with Gasteiger partial charge in [0.2, 0.25) is 0 Å². The van der Waals surface area contributed by atoms with Gasteiger partial charge in [0, 0.05) is 0 Å². The van der Waals surface area contributed by atoms with E-state index in [1.54, 1.807) is 0 Å². The van der Waals surface area contributed by atoms with Gasteiger partial charge < -0.3 is 14.9 Å². The fraction of sp³-hybridized carbons (Fsp3) is 0.875. The van der Waals surface area contributed by atoms with Crippen LogP contribution in [-0.4, -0.2) is 35.5 Å². The largest absolute Gasteiger partial charge is 0.481 e. The maximum atomic E-state index is 10.6.